The lowest BCUT2D eigenvalue weighted by Crippen LogP contribution is -2.45. The SMILES string of the molecule is COC1CC(N2CCCC2=O)C=CC1Nc1nc(NC2CCCC2)c2c(C#N)c[nH]c2n1. The number of hydrogen-bond donors (Lipinski definition) is 3. The van der Waals surface area contributed by atoms with E-state index in [1.165, 1.54) is 12.8 Å². The highest BCUT2D eigenvalue weighted by molar-refractivity contribution is 5.93. The van der Waals surface area contributed by atoms with Crippen molar-refractivity contribution in [2.45, 2.75) is 69.2 Å². The van der Waals surface area contributed by atoms with Gasteiger partial charge in [-0.15, -0.1) is 0 Å². The highest BCUT2D eigenvalue weighted by Gasteiger charge is 2.34. The van der Waals surface area contributed by atoms with Crippen LogP contribution in [0.4, 0.5) is 11.8 Å². The molecule has 3 atom stereocenters. The Balaban J connectivity index is 1.40. The first-order valence-electron chi connectivity index (χ1n) is 11.5. The van der Waals surface area contributed by atoms with Gasteiger partial charge in [-0.3, -0.25) is 4.79 Å². The number of rotatable bonds is 6. The van der Waals surface area contributed by atoms with Crippen LogP contribution in [0, 0.1) is 11.3 Å². The van der Waals surface area contributed by atoms with Crippen LogP contribution in [0.15, 0.2) is 18.3 Å². The van der Waals surface area contributed by atoms with E-state index in [9.17, 15) is 10.1 Å². The number of nitrogens with zero attached hydrogens (tertiary/aromatic N) is 4. The van der Waals surface area contributed by atoms with Gasteiger partial charge >= 0.3 is 0 Å². The number of carbonyl (C=O) groups excluding carboxylic acids is 1. The van der Waals surface area contributed by atoms with Crippen molar-refractivity contribution < 1.29 is 9.53 Å². The van der Waals surface area contributed by atoms with E-state index in [4.69, 9.17) is 9.72 Å². The van der Waals surface area contributed by atoms with E-state index in [-0.39, 0.29) is 24.1 Å². The quantitative estimate of drug-likeness (QED) is 0.597. The Morgan fingerprint density at radius 2 is 2.06 bits per heavy atom. The van der Waals surface area contributed by atoms with E-state index in [0.29, 0.717) is 35.4 Å². The highest BCUT2D eigenvalue weighted by atomic mass is 16.5. The average molecular weight is 436 g/mol. The maximum Gasteiger partial charge on any atom is 0.227 e. The molecule has 2 aliphatic carbocycles. The van der Waals surface area contributed by atoms with Crippen LogP contribution in [0.3, 0.4) is 0 Å². The van der Waals surface area contributed by atoms with Gasteiger partial charge in [-0.2, -0.15) is 15.2 Å². The van der Waals surface area contributed by atoms with Crippen LogP contribution in [0.1, 0.15) is 50.5 Å². The molecule has 9 nitrogen and oxygen atoms in total. The van der Waals surface area contributed by atoms with E-state index in [2.05, 4.69) is 38.8 Å². The van der Waals surface area contributed by atoms with Crippen LogP contribution < -0.4 is 10.6 Å². The second-order valence-electron chi connectivity index (χ2n) is 8.88. The minimum absolute atomic E-state index is 0.0672. The van der Waals surface area contributed by atoms with Gasteiger partial charge in [-0.05, 0) is 25.7 Å². The predicted octanol–water partition coefficient (Wildman–Crippen LogP) is 2.93. The molecule has 1 saturated carbocycles. The summed E-state index contributed by atoms with van der Waals surface area (Å²) in [4.78, 5) is 26.6. The number of H-pyrrole nitrogens is 1. The van der Waals surface area contributed by atoms with E-state index in [1.54, 1.807) is 13.3 Å². The van der Waals surface area contributed by atoms with Crippen molar-refractivity contribution in [3.8, 4) is 6.07 Å². The summed E-state index contributed by atoms with van der Waals surface area (Å²) in [5, 5.41) is 17.2. The van der Waals surface area contributed by atoms with Gasteiger partial charge in [0.2, 0.25) is 11.9 Å². The van der Waals surface area contributed by atoms with Gasteiger partial charge in [-0.1, -0.05) is 25.0 Å². The Morgan fingerprint density at radius 3 is 2.78 bits per heavy atom. The van der Waals surface area contributed by atoms with Gasteiger partial charge in [0.05, 0.1) is 29.1 Å². The summed E-state index contributed by atoms with van der Waals surface area (Å²) in [6.07, 6.45) is 12.6. The summed E-state index contributed by atoms with van der Waals surface area (Å²) in [7, 11) is 1.70. The van der Waals surface area contributed by atoms with Crippen LogP contribution in [0.5, 0.6) is 0 Å². The molecule has 3 unspecified atom stereocenters. The minimum atomic E-state index is -0.115. The molecule has 0 radical (unpaired) electrons. The Kier molecular flexibility index (Phi) is 5.70. The van der Waals surface area contributed by atoms with Crippen LogP contribution in [0.2, 0.25) is 0 Å². The van der Waals surface area contributed by atoms with E-state index in [1.807, 2.05) is 4.90 Å². The van der Waals surface area contributed by atoms with Gasteiger partial charge in [0.15, 0.2) is 0 Å². The summed E-state index contributed by atoms with van der Waals surface area (Å²) < 4.78 is 5.77. The molecule has 3 heterocycles. The molecule has 3 N–H and O–H groups in total. The maximum atomic E-state index is 12.2. The van der Waals surface area contributed by atoms with Crippen LogP contribution in [-0.2, 0) is 9.53 Å². The van der Waals surface area contributed by atoms with E-state index < -0.39 is 0 Å². The summed E-state index contributed by atoms with van der Waals surface area (Å²) >= 11 is 0. The van der Waals surface area contributed by atoms with Crippen LogP contribution in [-0.4, -0.2) is 63.6 Å². The van der Waals surface area contributed by atoms with Crippen LogP contribution >= 0.6 is 0 Å². The van der Waals surface area contributed by atoms with Crippen LogP contribution in [0.25, 0.3) is 11.0 Å². The number of aromatic amines is 1. The molecule has 5 rings (SSSR count). The molecular formula is C23H29N7O2. The molecule has 1 saturated heterocycles. The largest absolute Gasteiger partial charge is 0.379 e. The van der Waals surface area contributed by atoms with Gasteiger partial charge < -0.3 is 25.3 Å². The van der Waals surface area contributed by atoms with Crippen molar-refractivity contribution in [2.75, 3.05) is 24.3 Å². The van der Waals surface area contributed by atoms with Crippen molar-refractivity contribution in [3.63, 3.8) is 0 Å². The lowest BCUT2D eigenvalue weighted by Gasteiger charge is -2.35. The first-order valence-corrected chi connectivity index (χ1v) is 11.5. The third kappa shape index (κ3) is 3.91. The number of amides is 1. The van der Waals surface area contributed by atoms with E-state index in [0.717, 1.165) is 37.6 Å². The standard InChI is InChI=1S/C23H29N7O2/c1-32-18-11-16(30-10-4-7-19(30)31)8-9-17(18)27-23-28-21-20(14(12-24)13-25-21)22(29-23)26-15-5-2-3-6-15/h8-9,13,15-18H,2-7,10-11H2,1H3,(H3,25,26,27,28,29). The first-order chi connectivity index (χ1) is 15.7. The zero-order valence-electron chi connectivity index (χ0n) is 18.3. The van der Waals surface area contributed by atoms with Gasteiger partial charge in [0, 0.05) is 32.3 Å². The molecule has 2 aromatic heterocycles. The summed E-state index contributed by atoms with van der Waals surface area (Å²) in [6, 6.07) is 2.55. The summed E-state index contributed by atoms with van der Waals surface area (Å²) in [5.41, 5.74) is 1.17. The molecule has 32 heavy (non-hydrogen) atoms. The smallest absolute Gasteiger partial charge is 0.227 e. The molecule has 168 valence electrons. The number of aromatic nitrogens is 3. The Hall–Kier alpha value is -3.12. The number of hydrogen-bond acceptors (Lipinski definition) is 7. The van der Waals surface area contributed by atoms with E-state index >= 15 is 0 Å². The fourth-order valence-electron chi connectivity index (χ4n) is 5.17. The molecule has 1 aliphatic heterocycles. The fourth-order valence-corrected chi connectivity index (χ4v) is 5.17. The average Bonchev–Trinajstić information content (AvgIpc) is 3.55. The lowest BCUT2D eigenvalue weighted by atomic mass is 9.94. The molecule has 0 aromatic carbocycles. The molecular weight excluding hydrogens is 406 g/mol. The second-order valence-corrected chi connectivity index (χ2v) is 8.88. The number of nitriles is 1. The van der Waals surface area contributed by atoms with Crippen molar-refractivity contribution in [2.24, 2.45) is 0 Å². The minimum Gasteiger partial charge on any atom is -0.379 e. The van der Waals surface area contributed by atoms with Crippen molar-refractivity contribution in [1.82, 2.24) is 19.9 Å². The molecule has 0 spiro atoms. The number of methoxy groups -OCH3 is 1. The Morgan fingerprint density at radius 1 is 1.22 bits per heavy atom. The zero-order valence-corrected chi connectivity index (χ0v) is 18.3. The van der Waals surface area contributed by atoms with Crippen molar-refractivity contribution in [1.29, 1.82) is 5.26 Å². The predicted molar refractivity (Wildman–Crippen MR) is 121 cm³/mol. The summed E-state index contributed by atoms with van der Waals surface area (Å²) in [6.45, 7) is 0.812. The normalized spacial score (nSPS) is 26.1. The second kappa shape index (κ2) is 8.79. The number of nitrogens with one attached hydrogen (secondary N) is 3. The summed E-state index contributed by atoms with van der Waals surface area (Å²) in [5.74, 6) is 1.39. The van der Waals surface area contributed by atoms with Gasteiger partial charge in [0.1, 0.15) is 17.5 Å². The Bertz CT molecular complexity index is 1070. The number of likely N-dealkylation sites (tertiary alicyclic amines) is 1. The molecule has 9 heteroatoms. The third-order valence-electron chi connectivity index (χ3n) is 6.87. The molecule has 2 aromatic rings. The monoisotopic (exact) mass is 435 g/mol. The van der Waals surface area contributed by atoms with Crippen molar-refractivity contribution in [3.05, 3.63) is 23.9 Å². The Labute approximate surface area is 187 Å². The highest BCUT2D eigenvalue weighted by Crippen LogP contribution is 2.30. The molecule has 0 bridgehead atoms. The number of anilines is 2. The fraction of sp³-hybridized carbons (Fsp3) is 0.565. The lowest BCUT2D eigenvalue weighted by molar-refractivity contribution is -0.129. The molecule has 2 fully saturated rings. The number of carbonyl (C=O) groups is 1. The number of ether oxygens (including phenoxy) is 1. The molecule has 3 aliphatic rings. The third-order valence-corrected chi connectivity index (χ3v) is 6.87. The zero-order chi connectivity index (χ0) is 22.1. The first kappa shape index (κ1) is 20.8. The van der Waals surface area contributed by atoms with Crippen molar-refractivity contribution >= 4 is 28.7 Å². The maximum absolute atomic E-state index is 12.2. The van der Waals surface area contributed by atoms with Gasteiger partial charge in [-0.25, -0.2) is 0 Å². The molecule has 1 amide bonds. The topological polar surface area (TPSA) is 119 Å². The van der Waals surface area contributed by atoms with Gasteiger partial charge in [0.25, 0.3) is 0 Å². The number of fused-ring (bicyclic) bond motifs is 1.